The predicted octanol–water partition coefficient (Wildman–Crippen LogP) is 2.90. The lowest BCUT2D eigenvalue weighted by Gasteiger charge is -2.26. The summed E-state index contributed by atoms with van der Waals surface area (Å²) in [5.74, 6) is 0.782. The Morgan fingerprint density at radius 2 is 2.00 bits per heavy atom. The third-order valence-corrected chi connectivity index (χ3v) is 4.60. The summed E-state index contributed by atoms with van der Waals surface area (Å²) >= 11 is 0. The standard InChI is InChI=1S/C15H22F2N2O3/c1-14(2,3)21-13(20)19-6-8-9(7-19)11(8)10-5-15(4,12(16)17)22-18-10/h8-9,11-12H,5-7H2,1-4H3. The van der Waals surface area contributed by atoms with Crippen LogP contribution in [0.1, 0.15) is 34.1 Å². The molecule has 5 nitrogen and oxygen atoms in total. The number of fused-ring (bicyclic) bond motifs is 1. The first-order valence-corrected chi connectivity index (χ1v) is 7.62. The number of ether oxygens (including phenoxy) is 1. The highest BCUT2D eigenvalue weighted by molar-refractivity contribution is 5.91. The van der Waals surface area contributed by atoms with Gasteiger partial charge in [0.1, 0.15) is 5.60 Å². The summed E-state index contributed by atoms with van der Waals surface area (Å²) < 4.78 is 31.2. The molecule has 2 aliphatic heterocycles. The first-order chi connectivity index (χ1) is 10.1. The van der Waals surface area contributed by atoms with Gasteiger partial charge in [-0.3, -0.25) is 0 Å². The Morgan fingerprint density at radius 3 is 2.45 bits per heavy atom. The fourth-order valence-electron chi connectivity index (χ4n) is 3.38. The maximum atomic E-state index is 12.9. The van der Waals surface area contributed by atoms with Crippen LogP contribution in [0.2, 0.25) is 0 Å². The molecule has 2 fully saturated rings. The van der Waals surface area contributed by atoms with Gasteiger partial charge in [-0.15, -0.1) is 0 Å². The fraction of sp³-hybridized carbons (Fsp3) is 0.867. The summed E-state index contributed by atoms with van der Waals surface area (Å²) in [5, 5.41) is 3.89. The zero-order chi connectivity index (χ0) is 16.3. The average molecular weight is 316 g/mol. The molecule has 22 heavy (non-hydrogen) atoms. The van der Waals surface area contributed by atoms with Gasteiger partial charge in [0.2, 0.25) is 0 Å². The zero-order valence-electron chi connectivity index (χ0n) is 13.3. The van der Waals surface area contributed by atoms with Crippen molar-refractivity contribution in [1.29, 1.82) is 0 Å². The van der Waals surface area contributed by atoms with Crippen LogP contribution < -0.4 is 0 Å². The molecule has 7 heteroatoms. The van der Waals surface area contributed by atoms with Crippen molar-refractivity contribution in [3.05, 3.63) is 0 Å². The number of amides is 1. The molecular weight excluding hydrogens is 294 g/mol. The molecule has 0 bridgehead atoms. The molecule has 3 unspecified atom stereocenters. The number of carbonyl (C=O) groups is 1. The number of piperidine rings is 1. The normalized spacial score (nSPS) is 37.0. The highest BCUT2D eigenvalue weighted by atomic mass is 19.3. The monoisotopic (exact) mass is 316 g/mol. The number of rotatable bonds is 2. The van der Waals surface area contributed by atoms with Gasteiger partial charge in [-0.05, 0) is 39.5 Å². The van der Waals surface area contributed by atoms with Crippen LogP contribution in [0.25, 0.3) is 0 Å². The van der Waals surface area contributed by atoms with Crippen LogP contribution in [0.4, 0.5) is 13.6 Å². The predicted molar refractivity (Wildman–Crippen MR) is 75.8 cm³/mol. The fourth-order valence-corrected chi connectivity index (χ4v) is 3.38. The van der Waals surface area contributed by atoms with Gasteiger partial charge in [0.15, 0.2) is 5.60 Å². The lowest BCUT2D eigenvalue weighted by Crippen LogP contribution is -2.38. The molecule has 0 radical (unpaired) electrons. The number of alkyl halides is 2. The first kappa shape index (κ1) is 15.5. The number of oxime groups is 1. The Labute approximate surface area is 128 Å². The number of hydrogen-bond acceptors (Lipinski definition) is 4. The molecule has 2 heterocycles. The molecule has 1 aliphatic carbocycles. The molecule has 124 valence electrons. The topological polar surface area (TPSA) is 51.1 Å². The van der Waals surface area contributed by atoms with E-state index in [-0.39, 0.29) is 18.4 Å². The van der Waals surface area contributed by atoms with Gasteiger partial charge in [0, 0.05) is 25.4 Å². The van der Waals surface area contributed by atoms with Crippen LogP contribution >= 0.6 is 0 Å². The van der Waals surface area contributed by atoms with E-state index in [2.05, 4.69) is 5.16 Å². The Hall–Kier alpha value is -1.40. The van der Waals surface area contributed by atoms with Gasteiger partial charge in [-0.25, -0.2) is 13.6 Å². The number of nitrogens with zero attached hydrogens (tertiary/aromatic N) is 2. The number of likely N-dealkylation sites (tertiary alicyclic amines) is 1. The quantitative estimate of drug-likeness (QED) is 0.787. The van der Waals surface area contributed by atoms with E-state index >= 15 is 0 Å². The van der Waals surface area contributed by atoms with Crippen LogP contribution in [0.15, 0.2) is 5.16 Å². The minimum Gasteiger partial charge on any atom is -0.444 e. The van der Waals surface area contributed by atoms with Crippen molar-refractivity contribution < 1.29 is 23.1 Å². The van der Waals surface area contributed by atoms with Gasteiger partial charge in [0.05, 0.1) is 5.71 Å². The van der Waals surface area contributed by atoms with E-state index in [1.54, 1.807) is 4.90 Å². The average Bonchev–Trinajstić information content (AvgIpc) is 2.76. The highest BCUT2D eigenvalue weighted by Gasteiger charge is 2.61. The van der Waals surface area contributed by atoms with Crippen molar-refractivity contribution in [1.82, 2.24) is 4.90 Å². The Bertz CT molecular complexity index is 505. The minimum atomic E-state index is -2.55. The molecule has 0 N–H and O–H groups in total. The number of halogens is 2. The van der Waals surface area contributed by atoms with E-state index in [1.165, 1.54) is 6.92 Å². The summed E-state index contributed by atoms with van der Waals surface area (Å²) in [6.07, 6.45) is -2.68. The van der Waals surface area contributed by atoms with Crippen molar-refractivity contribution in [2.75, 3.05) is 13.1 Å². The lowest BCUT2D eigenvalue weighted by molar-refractivity contribution is -0.111. The van der Waals surface area contributed by atoms with E-state index in [4.69, 9.17) is 9.57 Å². The van der Waals surface area contributed by atoms with Gasteiger partial charge in [0.25, 0.3) is 6.43 Å². The molecule has 0 spiro atoms. The summed E-state index contributed by atoms with van der Waals surface area (Å²) in [5.41, 5.74) is -1.27. The van der Waals surface area contributed by atoms with Crippen molar-refractivity contribution >= 4 is 11.8 Å². The van der Waals surface area contributed by atoms with E-state index < -0.39 is 17.6 Å². The van der Waals surface area contributed by atoms with Crippen LogP contribution in [-0.4, -0.2) is 47.4 Å². The minimum absolute atomic E-state index is 0.175. The van der Waals surface area contributed by atoms with Crippen molar-refractivity contribution in [3.63, 3.8) is 0 Å². The highest BCUT2D eigenvalue weighted by Crippen LogP contribution is 2.55. The van der Waals surface area contributed by atoms with Crippen molar-refractivity contribution in [2.45, 2.75) is 51.7 Å². The Balaban J connectivity index is 1.53. The molecule has 0 aromatic carbocycles. The van der Waals surface area contributed by atoms with E-state index in [9.17, 15) is 13.6 Å². The Morgan fingerprint density at radius 1 is 1.41 bits per heavy atom. The number of carbonyl (C=O) groups excluding carboxylic acids is 1. The van der Waals surface area contributed by atoms with E-state index in [0.29, 0.717) is 24.9 Å². The molecular formula is C15H22F2N2O3. The Kier molecular flexibility index (Phi) is 3.38. The van der Waals surface area contributed by atoms with Gasteiger partial charge in [-0.2, -0.15) is 0 Å². The van der Waals surface area contributed by atoms with Crippen molar-refractivity contribution in [2.24, 2.45) is 22.9 Å². The lowest BCUT2D eigenvalue weighted by atomic mass is 9.96. The second-order valence-corrected chi connectivity index (χ2v) is 7.70. The van der Waals surface area contributed by atoms with Crippen molar-refractivity contribution in [3.8, 4) is 0 Å². The largest absolute Gasteiger partial charge is 0.444 e. The smallest absolute Gasteiger partial charge is 0.410 e. The third kappa shape index (κ3) is 2.65. The second-order valence-electron chi connectivity index (χ2n) is 7.70. The molecule has 3 atom stereocenters. The summed E-state index contributed by atoms with van der Waals surface area (Å²) in [6, 6.07) is 0. The summed E-state index contributed by atoms with van der Waals surface area (Å²) in [6.45, 7) is 8.10. The van der Waals surface area contributed by atoms with E-state index in [1.807, 2.05) is 20.8 Å². The molecule has 1 amide bonds. The third-order valence-electron chi connectivity index (χ3n) is 4.60. The van der Waals surface area contributed by atoms with Crippen LogP contribution in [0.5, 0.6) is 0 Å². The molecule has 1 saturated carbocycles. The zero-order valence-corrected chi connectivity index (χ0v) is 13.3. The van der Waals surface area contributed by atoms with Crippen LogP contribution in [0, 0.1) is 17.8 Å². The molecule has 0 aromatic heterocycles. The summed E-state index contributed by atoms with van der Waals surface area (Å²) in [7, 11) is 0. The maximum Gasteiger partial charge on any atom is 0.410 e. The molecule has 1 saturated heterocycles. The molecule has 3 rings (SSSR count). The summed E-state index contributed by atoms with van der Waals surface area (Å²) in [4.78, 5) is 18.6. The second kappa shape index (κ2) is 4.80. The molecule has 0 aromatic rings. The van der Waals surface area contributed by atoms with Gasteiger partial charge >= 0.3 is 6.09 Å². The molecule has 3 aliphatic rings. The number of hydrogen-bond donors (Lipinski definition) is 0. The van der Waals surface area contributed by atoms with Crippen LogP contribution in [0.3, 0.4) is 0 Å². The van der Waals surface area contributed by atoms with Gasteiger partial charge < -0.3 is 14.5 Å². The van der Waals surface area contributed by atoms with E-state index in [0.717, 1.165) is 5.71 Å². The first-order valence-electron chi connectivity index (χ1n) is 7.62. The van der Waals surface area contributed by atoms with Gasteiger partial charge in [-0.1, -0.05) is 5.16 Å². The SMILES string of the molecule is CC(C)(C)OC(=O)N1CC2C(C1)C2C1=NOC(C)(C(F)F)C1. The maximum absolute atomic E-state index is 12.9. The van der Waals surface area contributed by atoms with Crippen LogP contribution in [-0.2, 0) is 9.57 Å².